The second-order valence-corrected chi connectivity index (χ2v) is 6.92. The van der Waals surface area contributed by atoms with Crippen LogP contribution in [0.5, 0.6) is 5.75 Å². The summed E-state index contributed by atoms with van der Waals surface area (Å²) in [4.78, 5) is 35.9. The maximum absolute atomic E-state index is 12.7. The number of carbonyl (C=O) groups excluding carboxylic acids is 3. The van der Waals surface area contributed by atoms with Crippen molar-refractivity contribution in [2.75, 3.05) is 11.9 Å². The molecule has 0 saturated carbocycles. The molecule has 0 aliphatic heterocycles. The van der Waals surface area contributed by atoms with E-state index in [2.05, 4.69) is 5.32 Å². The molecule has 0 saturated heterocycles. The van der Waals surface area contributed by atoms with Gasteiger partial charge in [-0.15, -0.1) is 0 Å². The molecule has 5 N–H and O–H groups in total. The minimum atomic E-state index is -0.593. The molecular weight excluding hydrogens is 394 g/mol. The molecule has 7 nitrogen and oxygen atoms in total. The average molecular weight is 417 g/mol. The third kappa shape index (κ3) is 6.01. The van der Waals surface area contributed by atoms with E-state index in [9.17, 15) is 14.4 Å². The molecule has 7 heteroatoms. The highest BCUT2D eigenvalue weighted by Gasteiger charge is 2.19. The number of primary amides is 1. The summed E-state index contributed by atoms with van der Waals surface area (Å²) in [6.07, 6.45) is 0.172. The van der Waals surface area contributed by atoms with Gasteiger partial charge < -0.3 is 21.5 Å². The van der Waals surface area contributed by atoms with Crippen LogP contribution in [-0.2, 0) is 16.0 Å². The minimum absolute atomic E-state index is 0.0956. The van der Waals surface area contributed by atoms with E-state index in [4.69, 9.17) is 16.2 Å². The molecule has 0 aliphatic rings. The summed E-state index contributed by atoms with van der Waals surface area (Å²) in [6.45, 7) is 0.0956. The van der Waals surface area contributed by atoms with Gasteiger partial charge in [0.25, 0.3) is 0 Å². The Kier molecular flexibility index (Phi) is 7.13. The third-order valence-corrected chi connectivity index (χ3v) is 4.69. The number of benzene rings is 3. The topological polar surface area (TPSA) is 125 Å². The van der Waals surface area contributed by atoms with E-state index >= 15 is 0 Å². The number of ether oxygens (including phenoxy) is 1. The van der Waals surface area contributed by atoms with Crippen LogP contribution in [0.15, 0.2) is 78.9 Å². The maximum atomic E-state index is 12.7. The lowest BCUT2D eigenvalue weighted by Gasteiger charge is -2.16. The summed E-state index contributed by atoms with van der Waals surface area (Å²) in [7, 11) is 0. The van der Waals surface area contributed by atoms with Crippen LogP contribution in [0.4, 0.5) is 5.69 Å². The number of esters is 1. The normalized spacial score (nSPS) is 11.4. The number of nitrogens with one attached hydrogen (secondary N) is 1. The summed E-state index contributed by atoms with van der Waals surface area (Å²) in [5.41, 5.74) is 13.5. The van der Waals surface area contributed by atoms with Gasteiger partial charge in [-0.05, 0) is 47.5 Å². The SMILES string of the molecule is NCC(C(=O)Nc1ccc(C(N)=O)cc1)c1ccc(OC(=O)Cc2ccccc2)cc1. The Labute approximate surface area is 180 Å². The number of hydrogen-bond acceptors (Lipinski definition) is 5. The quantitative estimate of drug-likeness (QED) is 0.384. The van der Waals surface area contributed by atoms with Crippen LogP contribution in [0.3, 0.4) is 0 Å². The molecule has 1 atom stereocenters. The van der Waals surface area contributed by atoms with E-state index in [-0.39, 0.29) is 24.8 Å². The first-order valence-corrected chi connectivity index (χ1v) is 9.71. The van der Waals surface area contributed by atoms with Crippen molar-refractivity contribution >= 4 is 23.5 Å². The van der Waals surface area contributed by atoms with Crippen molar-refractivity contribution in [1.82, 2.24) is 0 Å². The molecular formula is C24H23N3O4. The fourth-order valence-electron chi connectivity index (χ4n) is 3.04. The van der Waals surface area contributed by atoms with Crippen LogP contribution in [0.25, 0.3) is 0 Å². The van der Waals surface area contributed by atoms with Crippen molar-refractivity contribution in [1.29, 1.82) is 0 Å². The molecule has 0 bridgehead atoms. The van der Waals surface area contributed by atoms with Gasteiger partial charge in [-0.1, -0.05) is 42.5 Å². The molecule has 158 valence electrons. The smallest absolute Gasteiger partial charge is 0.315 e. The van der Waals surface area contributed by atoms with Crippen LogP contribution >= 0.6 is 0 Å². The van der Waals surface area contributed by atoms with Crippen LogP contribution in [-0.4, -0.2) is 24.3 Å². The molecule has 3 aromatic rings. The van der Waals surface area contributed by atoms with Gasteiger partial charge in [-0.3, -0.25) is 14.4 Å². The van der Waals surface area contributed by atoms with E-state index in [0.29, 0.717) is 22.6 Å². The Bertz CT molecular complexity index is 1050. The number of rotatable bonds is 8. The predicted molar refractivity (Wildman–Crippen MR) is 118 cm³/mol. The van der Waals surface area contributed by atoms with Gasteiger partial charge in [0.2, 0.25) is 11.8 Å². The summed E-state index contributed by atoms with van der Waals surface area (Å²) in [5.74, 6) is -1.40. The van der Waals surface area contributed by atoms with Crippen molar-refractivity contribution in [3.63, 3.8) is 0 Å². The Morgan fingerprint density at radius 2 is 1.52 bits per heavy atom. The summed E-state index contributed by atoms with van der Waals surface area (Å²) < 4.78 is 5.36. The highest BCUT2D eigenvalue weighted by atomic mass is 16.5. The van der Waals surface area contributed by atoms with Crippen molar-refractivity contribution in [2.24, 2.45) is 11.5 Å². The summed E-state index contributed by atoms with van der Waals surface area (Å²) in [6, 6.07) is 22.3. The zero-order valence-electron chi connectivity index (χ0n) is 16.8. The molecule has 0 fully saturated rings. The molecule has 0 radical (unpaired) electrons. The maximum Gasteiger partial charge on any atom is 0.315 e. The minimum Gasteiger partial charge on any atom is -0.426 e. The van der Waals surface area contributed by atoms with Crippen molar-refractivity contribution in [3.8, 4) is 5.75 Å². The van der Waals surface area contributed by atoms with Crippen molar-refractivity contribution in [2.45, 2.75) is 12.3 Å². The standard InChI is InChI=1S/C24H23N3O4/c25-15-21(24(30)27-19-10-6-18(7-11-19)23(26)29)17-8-12-20(13-9-17)31-22(28)14-16-4-2-1-3-5-16/h1-13,21H,14-15,25H2,(H2,26,29)(H,27,30). The van der Waals surface area contributed by atoms with E-state index in [1.165, 1.54) is 12.1 Å². The summed E-state index contributed by atoms with van der Waals surface area (Å²) >= 11 is 0. The molecule has 0 heterocycles. The fourth-order valence-corrected chi connectivity index (χ4v) is 3.04. The molecule has 2 amide bonds. The highest BCUT2D eigenvalue weighted by Crippen LogP contribution is 2.21. The second-order valence-electron chi connectivity index (χ2n) is 6.92. The number of nitrogens with two attached hydrogens (primary N) is 2. The second kappa shape index (κ2) is 10.2. The first kappa shape index (κ1) is 21.7. The monoisotopic (exact) mass is 417 g/mol. The highest BCUT2D eigenvalue weighted by molar-refractivity contribution is 5.97. The first-order valence-electron chi connectivity index (χ1n) is 9.71. The molecule has 3 rings (SSSR count). The Morgan fingerprint density at radius 1 is 0.871 bits per heavy atom. The van der Waals surface area contributed by atoms with Crippen LogP contribution < -0.4 is 21.5 Å². The number of hydrogen-bond donors (Lipinski definition) is 3. The zero-order valence-corrected chi connectivity index (χ0v) is 16.8. The van der Waals surface area contributed by atoms with Gasteiger partial charge in [0.05, 0.1) is 12.3 Å². The first-order chi connectivity index (χ1) is 15.0. The molecule has 3 aromatic carbocycles. The lowest BCUT2D eigenvalue weighted by molar-refractivity contribution is -0.133. The predicted octanol–water partition coefficient (Wildman–Crippen LogP) is 2.61. The van der Waals surface area contributed by atoms with E-state index in [0.717, 1.165) is 5.56 Å². The lowest BCUT2D eigenvalue weighted by Crippen LogP contribution is -2.27. The largest absolute Gasteiger partial charge is 0.426 e. The number of anilines is 1. The van der Waals surface area contributed by atoms with Crippen LogP contribution in [0.1, 0.15) is 27.4 Å². The van der Waals surface area contributed by atoms with Gasteiger partial charge in [0.15, 0.2) is 0 Å². The number of carbonyl (C=O) groups is 3. The Hall–Kier alpha value is -3.97. The average Bonchev–Trinajstić information content (AvgIpc) is 2.76. The molecule has 0 spiro atoms. The Morgan fingerprint density at radius 3 is 2.10 bits per heavy atom. The Balaban J connectivity index is 1.61. The van der Waals surface area contributed by atoms with E-state index in [1.807, 2.05) is 30.3 Å². The molecule has 1 unspecified atom stereocenters. The van der Waals surface area contributed by atoms with E-state index < -0.39 is 11.8 Å². The summed E-state index contributed by atoms with van der Waals surface area (Å²) in [5, 5.41) is 2.78. The van der Waals surface area contributed by atoms with Crippen molar-refractivity contribution in [3.05, 3.63) is 95.6 Å². The molecule has 31 heavy (non-hydrogen) atoms. The van der Waals surface area contributed by atoms with Gasteiger partial charge in [0.1, 0.15) is 5.75 Å². The van der Waals surface area contributed by atoms with Gasteiger partial charge >= 0.3 is 5.97 Å². The molecule has 0 aromatic heterocycles. The number of amides is 2. The van der Waals surface area contributed by atoms with Gasteiger partial charge in [-0.2, -0.15) is 0 Å². The lowest BCUT2D eigenvalue weighted by atomic mass is 9.98. The fraction of sp³-hybridized carbons (Fsp3) is 0.125. The van der Waals surface area contributed by atoms with Crippen molar-refractivity contribution < 1.29 is 19.1 Å². The van der Waals surface area contributed by atoms with Gasteiger partial charge in [-0.25, -0.2) is 0 Å². The van der Waals surface area contributed by atoms with Crippen LogP contribution in [0.2, 0.25) is 0 Å². The molecule has 0 aliphatic carbocycles. The van der Waals surface area contributed by atoms with Gasteiger partial charge in [0, 0.05) is 17.8 Å². The van der Waals surface area contributed by atoms with Crippen LogP contribution in [0, 0.1) is 0 Å². The zero-order chi connectivity index (χ0) is 22.2. The third-order valence-electron chi connectivity index (χ3n) is 4.69. The van der Waals surface area contributed by atoms with E-state index in [1.54, 1.807) is 36.4 Å².